The summed E-state index contributed by atoms with van der Waals surface area (Å²) in [5.41, 5.74) is 2.29. The Kier molecular flexibility index (Phi) is 6.42. The van der Waals surface area contributed by atoms with Crippen LogP contribution in [-0.4, -0.2) is 57.3 Å². The number of ether oxygens (including phenoxy) is 1. The van der Waals surface area contributed by atoms with Crippen molar-refractivity contribution in [3.05, 3.63) is 35.4 Å². The fraction of sp³-hybridized carbons (Fsp3) is 0.464. The second kappa shape index (κ2) is 9.83. The van der Waals surface area contributed by atoms with Crippen molar-refractivity contribution < 1.29 is 31.1 Å². The molecule has 1 saturated carbocycles. The lowest BCUT2D eigenvalue weighted by Crippen LogP contribution is -2.43. The Morgan fingerprint density at radius 1 is 1.12 bits per heavy atom. The first kappa shape index (κ1) is 27.4. The third-order valence-electron chi connectivity index (χ3n) is 8.67. The number of halogens is 6. The highest BCUT2D eigenvalue weighted by Gasteiger charge is 2.49. The molecule has 2 aromatic heterocycles. The summed E-state index contributed by atoms with van der Waals surface area (Å²) >= 11 is 0.758. The van der Waals surface area contributed by atoms with E-state index in [0.717, 1.165) is 68.2 Å². The van der Waals surface area contributed by atoms with Gasteiger partial charge in [0.05, 0.1) is 21.3 Å². The normalized spacial score (nSPS) is 23.0. The van der Waals surface area contributed by atoms with Gasteiger partial charge in [0.15, 0.2) is 10.9 Å². The summed E-state index contributed by atoms with van der Waals surface area (Å²) in [5.74, 6) is -1.98. The van der Waals surface area contributed by atoms with E-state index < -0.39 is 40.6 Å². The van der Waals surface area contributed by atoms with Gasteiger partial charge in [-0.05, 0) is 56.8 Å². The van der Waals surface area contributed by atoms with Gasteiger partial charge in [0, 0.05) is 35.5 Å². The van der Waals surface area contributed by atoms with Crippen LogP contribution in [0.1, 0.15) is 44.1 Å². The molecule has 14 heteroatoms. The summed E-state index contributed by atoms with van der Waals surface area (Å²) < 4.78 is 94.8. The number of thiazole rings is 1. The minimum atomic E-state index is -4.98. The van der Waals surface area contributed by atoms with E-state index in [1.54, 1.807) is 0 Å². The quantitative estimate of drug-likeness (QED) is 0.236. The van der Waals surface area contributed by atoms with Crippen LogP contribution in [0.3, 0.4) is 0 Å². The van der Waals surface area contributed by atoms with Gasteiger partial charge in [0.25, 0.3) is 0 Å². The zero-order valence-corrected chi connectivity index (χ0v) is 23.0. The zero-order valence-electron chi connectivity index (χ0n) is 22.2. The fourth-order valence-corrected chi connectivity index (χ4v) is 7.22. The van der Waals surface area contributed by atoms with Gasteiger partial charge in [0.2, 0.25) is 0 Å². The predicted molar refractivity (Wildman–Crippen MR) is 147 cm³/mol. The van der Waals surface area contributed by atoms with E-state index in [1.165, 1.54) is 0 Å². The van der Waals surface area contributed by atoms with Crippen LogP contribution >= 0.6 is 11.3 Å². The number of aromatic nitrogens is 3. The van der Waals surface area contributed by atoms with Crippen LogP contribution in [0.2, 0.25) is 0 Å². The molecule has 3 aliphatic rings. The maximum absolute atomic E-state index is 16.5. The largest absolute Gasteiger partial charge is 0.461 e. The van der Waals surface area contributed by atoms with E-state index in [0.29, 0.717) is 13.0 Å². The van der Waals surface area contributed by atoms with Crippen molar-refractivity contribution in [3.63, 3.8) is 0 Å². The van der Waals surface area contributed by atoms with Crippen LogP contribution in [0.25, 0.3) is 32.2 Å². The summed E-state index contributed by atoms with van der Waals surface area (Å²) in [6.07, 6.45) is -1.57. The first-order valence-corrected chi connectivity index (χ1v) is 14.6. The minimum Gasteiger partial charge on any atom is -0.461 e. The Balaban J connectivity index is 1.40. The second-order valence-electron chi connectivity index (χ2n) is 11.3. The summed E-state index contributed by atoms with van der Waals surface area (Å²) in [6.45, 7) is 1.11. The summed E-state index contributed by atoms with van der Waals surface area (Å²) in [4.78, 5) is 14.7. The van der Waals surface area contributed by atoms with Gasteiger partial charge in [-0.2, -0.15) is 23.1 Å². The van der Waals surface area contributed by atoms with Crippen molar-refractivity contribution in [1.82, 2.24) is 19.9 Å². The Hall–Kier alpha value is -3.39. The SMILES string of the molecule is Nc1nc2c(-c3c(C(F)(F)F)cc4c(NC5CCC5)nc(OC[C@@]56CCCN5C[C@H](F)C6)nc4c3F)ccc(F)c2s1. The van der Waals surface area contributed by atoms with E-state index in [-0.39, 0.29) is 56.3 Å². The van der Waals surface area contributed by atoms with Gasteiger partial charge in [-0.3, -0.25) is 4.90 Å². The van der Waals surface area contributed by atoms with Crippen molar-refractivity contribution in [2.24, 2.45) is 0 Å². The molecule has 3 fully saturated rings. The summed E-state index contributed by atoms with van der Waals surface area (Å²) in [6, 6.07) is 2.56. The number of hydrogen-bond donors (Lipinski definition) is 2. The lowest BCUT2D eigenvalue weighted by atomic mass is 9.92. The molecule has 2 aliphatic heterocycles. The maximum atomic E-state index is 16.5. The molecule has 7 nitrogen and oxygen atoms in total. The molecular formula is C28H26F6N6OS. The highest BCUT2D eigenvalue weighted by atomic mass is 32.1. The van der Waals surface area contributed by atoms with Crippen LogP contribution in [0, 0.1) is 11.6 Å². The minimum absolute atomic E-state index is 0.0216. The summed E-state index contributed by atoms with van der Waals surface area (Å²) in [7, 11) is 0. The number of hydrogen-bond acceptors (Lipinski definition) is 8. The number of nitrogens with one attached hydrogen (secondary N) is 1. The molecule has 222 valence electrons. The molecule has 4 aromatic rings. The number of nitrogens with two attached hydrogens (primary N) is 1. The fourth-order valence-electron chi connectivity index (χ4n) is 6.46. The zero-order chi connectivity index (χ0) is 29.4. The van der Waals surface area contributed by atoms with Crippen molar-refractivity contribution in [1.29, 1.82) is 0 Å². The van der Waals surface area contributed by atoms with Gasteiger partial charge < -0.3 is 15.8 Å². The van der Waals surface area contributed by atoms with Crippen molar-refractivity contribution in [2.45, 2.75) is 62.5 Å². The molecule has 2 atom stereocenters. The average molecular weight is 609 g/mol. The number of nitrogen functional groups attached to an aromatic ring is 1. The van der Waals surface area contributed by atoms with Gasteiger partial charge in [-0.1, -0.05) is 11.3 Å². The van der Waals surface area contributed by atoms with E-state index in [9.17, 15) is 22.0 Å². The highest BCUT2D eigenvalue weighted by Crippen LogP contribution is 2.46. The van der Waals surface area contributed by atoms with Crippen molar-refractivity contribution in [3.8, 4) is 17.1 Å². The molecule has 3 N–H and O–H groups in total. The van der Waals surface area contributed by atoms with E-state index in [2.05, 4.69) is 20.3 Å². The average Bonchev–Trinajstić information content (AvgIpc) is 3.57. The Morgan fingerprint density at radius 2 is 1.93 bits per heavy atom. The second-order valence-corrected chi connectivity index (χ2v) is 12.4. The number of nitrogens with zero attached hydrogens (tertiary/aromatic N) is 4. The van der Waals surface area contributed by atoms with Crippen molar-refractivity contribution in [2.75, 3.05) is 30.7 Å². The first-order valence-electron chi connectivity index (χ1n) is 13.8. The molecule has 0 unspecified atom stereocenters. The van der Waals surface area contributed by atoms with Crippen molar-refractivity contribution >= 4 is 43.4 Å². The monoisotopic (exact) mass is 608 g/mol. The predicted octanol–water partition coefficient (Wildman–Crippen LogP) is 6.71. The number of fused-ring (bicyclic) bond motifs is 3. The number of alkyl halides is 4. The number of rotatable bonds is 6. The number of anilines is 2. The van der Waals surface area contributed by atoms with Crippen LogP contribution in [-0.2, 0) is 6.18 Å². The van der Waals surface area contributed by atoms with Crippen LogP contribution in [0.5, 0.6) is 6.01 Å². The molecule has 2 saturated heterocycles. The van der Waals surface area contributed by atoms with Crippen LogP contribution < -0.4 is 15.8 Å². The third kappa shape index (κ3) is 4.50. The van der Waals surface area contributed by atoms with Crippen LogP contribution in [0.4, 0.5) is 37.3 Å². The summed E-state index contributed by atoms with van der Waals surface area (Å²) in [5, 5.41) is 2.90. The molecule has 42 heavy (non-hydrogen) atoms. The van der Waals surface area contributed by atoms with Gasteiger partial charge in [-0.15, -0.1) is 0 Å². The lowest BCUT2D eigenvalue weighted by Gasteiger charge is -2.31. The molecule has 1 aliphatic carbocycles. The van der Waals surface area contributed by atoms with Gasteiger partial charge in [0.1, 0.15) is 29.9 Å². The van der Waals surface area contributed by atoms with E-state index in [4.69, 9.17) is 10.5 Å². The Labute approximate surface area is 240 Å². The molecule has 4 heterocycles. The molecule has 0 amide bonds. The standard InChI is InChI=1S/C28H26F6N6OS/c29-13-10-27(7-2-8-40(27)11-13)12-41-26-38-21-16(24(39-26)36-14-3-1-4-14)9-17(28(32,33)34)19(20(21)31)15-5-6-18(30)23-22(15)37-25(35)42-23/h5-6,9,13-14H,1-4,7-8,10-12H2,(H2,35,37)(H,36,38,39)/t13-,27+/m1/s1. The first-order chi connectivity index (χ1) is 20.0. The molecule has 0 spiro atoms. The molecule has 7 rings (SSSR count). The molecular weight excluding hydrogens is 582 g/mol. The van der Waals surface area contributed by atoms with Crippen LogP contribution in [0.15, 0.2) is 18.2 Å². The van der Waals surface area contributed by atoms with Gasteiger partial charge >= 0.3 is 12.2 Å². The third-order valence-corrected chi connectivity index (χ3v) is 9.57. The maximum Gasteiger partial charge on any atom is 0.417 e. The highest BCUT2D eigenvalue weighted by molar-refractivity contribution is 7.22. The lowest BCUT2D eigenvalue weighted by molar-refractivity contribution is -0.137. The van der Waals surface area contributed by atoms with E-state index in [1.807, 2.05) is 4.90 Å². The smallest absolute Gasteiger partial charge is 0.417 e. The molecule has 2 aromatic carbocycles. The molecule has 0 radical (unpaired) electrons. The van der Waals surface area contributed by atoms with Gasteiger partial charge in [-0.25, -0.2) is 18.2 Å². The van der Waals surface area contributed by atoms with E-state index >= 15 is 4.39 Å². The number of benzene rings is 2. The topological polar surface area (TPSA) is 89.2 Å². The Morgan fingerprint density at radius 3 is 2.67 bits per heavy atom. The molecule has 0 bridgehead atoms. The Bertz CT molecular complexity index is 1710.